The van der Waals surface area contributed by atoms with Crippen LogP contribution < -0.4 is 0 Å². The third-order valence-electron chi connectivity index (χ3n) is 15.4. The third kappa shape index (κ3) is 62.5. The molecule has 0 saturated carbocycles. The van der Waals surface area contributed by atoms with Crippen LogP contribution in [0, 0.1) is 0 Å². The van der Waals surface area contributed by atoms with Gasteiger partial charge in [0.25, 0.3) is 0 Å². The minimum absolute atomic E-state index is 0.0719. The minimum atomic E-state index is -0.777. The quantitative estimate of drug-likeness (QED) is 0.0261. The zero-order chi connectivity index (χ0) is 55.0. The Balaban J connectivity index is 4.33. The second-order valence-electron chi connectivity index (χ2n) is 23.1. The number of esters is 3. The molecule has 0 aromatic heterocycles. The first-order valence-corrected chi connectivity index (χ1v) is 34.0. The highest BCUT2D eigenvalue weighted by atomic mass is 16.6. The molecule has 0 rings (SSSR count). The Labute approximate surface area is 474 Å². The molecule has 0 aromatic rings. The molecule has 1 atom stereocenters. The van der Waals surface area contributed by atoms with E-state index in [1.807, 2.05) is 0 Å². The lowest BCUT2D eigenvalue weighted by atomic mass is 10.0. The Bertz CT molecular complexity index is 1270. The highest BCUT2D eigenvalue weighted by molar-refractivity contribution is 5.71. The summed E-state index contributed by atoms with van der Waals surface area (Å²) < 4.78 is 17.0. The molecule has 1 unspecified atom stereocenters. The van der Waals surface area contributed by atoms with Crippen molar-refractivity contribution in [3.8, 4) is 0 Å². The molecular weight excluding hydrogens is 937 g/mol. The van der Waals surface area contributed by atoms with Crippen LogP contribution in [-0.4, -0.2) is 37.2 Å². The van der Waals surface area contributed by atoms with E-state index in [0.29, 0.717) is 19.3 Å². The Morgan fingerprint density at radius 2 is 0.474 bits per heavy atom. The summed E-state index contributed by atoms with van der Waals surface area (Å²) in [5.74, 6) is -0.854. The number of ether oxygens (including phenoxy) is 3. The monoisotopic (exact) mass is 1070 g/mol. The van der Waals surface area contributed by atoms with Crippen molar-refractivity contribution < 1.29 is 28.6 Å². The Morgan fingerprint density at radius 1 is 0.263 bits per heavy atom. The van der Waals surface area contributed by atoms with Crippen molar-refractivity contribution in [2.45, 2.75) is 380 Å². The Kier molecular flexibility index (Phi) is 63.1. The van der Waals surface area contributed by atoms with Gasteiger partial charge in [-0.05, 0) is 57.8 Å². The number of allylic oxidation sites excluding steroid dienone is 6. The molecule has 0 spiro atoms. The number of rotatable bonds is 63. The van der Waals surface area contributed by atoms with E-state index in [0.717, 1.165) is 77.0 Å². The summed E-state index contributed by atoms with van der Waals surface area (Å²) in [6.07, 6.45) is 80.1. The van der Waals surface area contributed by atoms with E-state index in [1.165, 1.54) is 257 Å². The van der Waals surface area contributed by atoms with Crippen molar-refractivity contribution in [3.63, 3.8) is 0 Å². The van der Waals surface area contributed by atoms with Gasteiger partial charge in [-0.15, -0.1) is 0 Å². The lowest BCUT2D eigenvalue weighted by Gasteiger charge is -2.18. The fourth-order valence-electron chi connectivity index (χ4n) is 10.3. The van der Waals surface area contributed by atoms with Crippen LogP contribution in [0.5, 0.6) is 0 Å². The molecule has 0 radical (unpaired) electrons. The van der Waals surface area contributed by atoms with Crippen LogP contribution in [0.1, 0.15) is 374 Å². The summed E-state index contributed by atoms with van der Waals surface area (Å²) in [7, 11) is 0. The summed E-state index contributed by atoms with van der Waals surface area (Å²) in [5, 5.41) is 0. The average molecular weight is 1070 g/mol. The van der Waals surface area contributed by atoms with E-state index in [1.54, 1.807) is 0 Å². The van der Waals surface area contributed by atoms with Gasteiger partial charge in [-0.2, -0.15) is 0 Å². The van der Waals surface area contributed by atoms with Gasteiger partial charge in [-0.3, -0.25) is 14.4 Å². The van der Waals surface area contributed by atoms with Crippen LogP contribution >= 0.6 is 0 Å². The molecule has 0 heterocycles. The largest absolute Gasteiger partial charge is 0.462 e. The van der Waals surface area contributed by atoms with Crippen LogP contribution in [0.3, 0.4) is 0 Å². The molecule has 0 aliphatic carbocycles. The molecule has 0 aliphatic heterocycles. The average Bonchev–Trinajstić information content (AvgIpc) is 3.42. The predicted octanol–water partition coefficient (Wildman–Crippen LogP) is 23.2. The van der Waals surface area contributed by atoms with E-state index in [9.17, 15) is 14.4 Å². The van der Waals surface area contributed by atoms with Gasteiger partial charge in [0.1, 0.15) is 13.2 Å². The molecule has 6 heteroatoms. The van der Waals surface area contributed by atoms with Crippen molar-refractivity contribution >= 4 is 17.9 Å². The van der Waals surface area contributed by atoms with E-state index in [-0.39, 0.29) is 31.1 Å². The summed E-state index contributed by atoms with van der Waals surface area (Å²) in [5.41, 5.74) is 0. The van der Waals surface area contributed by atoms with Gasteiger partial charge in [0.2, 0.25) is 0 Å². The Hall–Kier alpha value is -2.37. The van der Waals surface area contributed by atoms with E-state index in [2.05, 4.69) is 57.2 Å². The third-order valence-corrected chi connectivity index (χ3v) is 15.4. The molecule has 6 nitrogen and oxygen atoms in total. The van der Waals surface area contributed by atoms with Gasteiger partial charge in [0.05, 0.1) is 0 Å². The highest BCUT2D eigenvalue weighted by Crippen LogP contribution is 2.18. The number of hydrogen-bond donors (Lipinski definition) is 0. The predicted molar refractivity (Wildman–Crippen MR) is 330 cm³/mol. The van der Waals surface area contributed by atoms with Gasteiger partial charge >= 0.3 is 17.9 Å². The zero-order valence-corrected chi connectivity index (χ0v) is 51.3. The lowest BCUT2D eigenvalue weighted by Crippen LogP contribution is -2.30. The van der Waals surface area contributed by atoms with Crippen LogP contribution in [0.4, 0.5) is 0 Å². The molecule has 76 heavy (non-hydrogen) atoms. The first-order valence-electron chi connectivity index (χ1n) is 34.0. The Morgan fingerprint density at radius 3 is 0.763 bits per heavy atom. The van der Waals surface area contributed by atoms with Gasteiger partial charge in [-0.1, -0.05) is 333 Å². The zero-order valence-electron chi connectivity index (χ0n) is 51.3. The number of carbonyl (C=O) groups excluding carboxylic acids is 3. The summed E-state index contributed by atoms with van der Waals surface area (Å²) in [6, 6.07) is 0. The second kappa shape index (κ2) is 65.2. The number of hydrogen-bond acceptors (Lipinski definition) is 6. The number of carbonyl (C=O) groups is 3. The van der Waals surface area contributed by atoms with Crippen LogP contribution in [-0.2, 0) is 28.6 Å². The van der Waals surface area contributed by atoms with Crippen LogP contribution in [0.15, 0.2) is 36.5 Å². The van der Waals surface area contributed by atoms with Gasteiger partial charge in [0, 0.05) is 19.3 Å². The van der Waals surface area contributed by atoms with Crippen LogP contribution in [0.25, 0.3) is 0 Å². The lowest BCUT2D eigenvalue weighted by molar-refractivity contribution is -0.167. The van der Waals surface area contributed by atoms with Gasteiger partial charge in [-0.25, -0.2) is 0 Å². The molecule has 446 valence electrons. The molecular formula is C70H130O6. The van der Waals surface area contributed by atoms with E-state index in [4.69, 9.17) is 14.2 Å². The number of unbranched alkanes of at least 4 members (excludes halogenated alkanes) is 46. The van der Waals surface area contributed by atoms with Gasteiger partial charge < -0.3 is 14.2 Å². The normalized spacial score (nSPS) is 12.2. The standard InChI is InChI=1S/C70H130O6/c1-4-7-10-13-16-19-22-25-28-31-34-37-39-42-45-48-51-54-57-60-63-69(72)75-66-67(76-70(73)64-61-58-55-52-49-46-43-40-36-33-30-27-24-21-18-15-12-9-6-3)65-74-68(71)62-59-56-53-50-47-44-41-38-35-32-29-26-23-20-17-14-11-8-5-2/h18,21,27,30,36,40,67H,4-17,19-20,22-26,28-29,31-35,37-39,41-66H2,1-3H3/b21-18-,30-27-,40-36-. The van der Waals surface area contributed by atoms with E-state index < -0.39 is 6.10 Å². The maximum atomic E-state index is 12.9. The first kappa shape index (κ1) is 73.6. The first-order chi connectivity index (χ1) is 37.5. The fourth-order valence-corrected chi connectivity index (χ4v) is 10.3. The molecule has 0 fully saturated rings. The molecule has 0 bridgehead atoms. The van der Waals surface area contributed by atoms with Crippen molar-refractivity contribution in [2.75, 3.05) is 13.2 Å². The van der Waals surface area contributed by atoms with Crippen molar-refractivity contribution in [3.05, 3.63) is 36.5 Å². The SMILES string of the molecule is CCCCC/C=C\C/C=C\C/C=C\CCCCCCCCC(=O)OC(COC(=O)CCCCCCCCCCCCCCCCCCCCC)COC(=O)CCCCCCCCCCCCCCCCCCCCCC. The molecule has 0 N–H and O–H groups in total. The van der Waals surface area contributed by atoms with Crippen molar-refractivity contribution in [1.29, 1.82) is 0 Å². The maximum Gasteiger partial charge on any atom is 0.306 e. The maximum absolute atomic E-state index is 12.9. The topological polar surface area (TPSA) is 78.9 Å². The minimum Gasteiger partial charge on any atom is -0.462 e. The van der Waals surface area contributed by atoms with Crippen molar-refractivity contribution in [1.82, 2.24) is 0 Å². The fraction of sp³-hybridized carbons (Fsp3) is 0.871. The van der Waals surface area contributed by atoms with Crippen LogP contribution in [0.2, 0.25) is 0 Å². The smallest absolute Gasteiger partial charge is 0.306 e. The summed E-state index contributed by atoms with van der Waals surface area (Å²) in [4.78, 5) is 38.4. The summed E-state index contributed by atoms with van der Waals surface area (Å²) >= 11 is 0. The summed E-state index contributed by atoms with van der Waals surface area (Å²) in [6.45, 7) is 6.68. The second-order valence-corrected chi connectivity index (χ2v) is 23.1. The molecule has 0 aromatic carbocycles. The molecule has 0 saturated heterocycles. The molecule has 0 aliphatic rings. The highest BCUT2D eigenvalue weighted by Gasteiger charge is 2.19. The van der Waals surface area contributed by atoms with Gasteiger partial charge in [0.15, 0.2) is 6.10 Å². The van der Waals surface area contributed by atoms with E-state index >= 15 is 0 Å². The molecule has 0 amide bonds. The van der Waals surface area contributed by atoms with Crippen molar-refractivity contribution in [2.24, 2.45) is 0 Å².